The fourth-order valence-corrected chi connectivity index (χ4v) is 2.33. The van der Waals surface area contributed by atoms with Gasteiger partial charge in [0.05, 0.1) is 0 Å². The van der Waals surface area contributed by atoms with E-state index >= 15 is 0 Å². The molecule has 2 heterocycles. The van der Waals surface area contributed by atoms with Crippen molar-refractivity contribution in [1.29, 1.82) is 0 Å². The molecule has 1 fully saturated rings. The van der Waals surface area contributed by atoms with Crippen LogP contribution in [0.1, 0.15) is 50.0 Å². The first kappa shape index (κ1) is 12.0. The van der Waals surface area contributed by atoms with Crippen molar-refractivity contribution in [2.45, 2.75) is 38.5 Å². The molecule has 0 aliphatic carbocycles. The van der Waals surface area contributed by atoms with Crippen LogP contribution in [0, 0.1) is 0 Å². The summed E-state index contributed by atoms with van der Waals surface area (Å²) in [5.74, 6) is 1.83. The number of ether oxygens (including phenoxy) is 1. The van der Waals surface area contributed by atoms with Gasteiger partial charge in [-0.05, 0) is 34.8 Å². The van der Waals surface area contributed by atoms with Gasteiger partial charge in [-0.25, -0.2) is 9.97 Å². The smallest absolute Gasteiger partial charge is 0.132 e. The van der Waals surface area contributed by atoms with Gasteiger partial charge in [-0.1, -0.05) is 13.8 Å². The Morgan fingerprint density at radius 1 is 1.31 bits per heavy atom. The van der Waals surface area contributed by atoms with Crippen LogP contribution in [0.4, 0.5) is 0 Å². The third-order valence-electron chi connectivity index (χ3n) is 2.89. The summed E-state index contributed by atoms with van der Waals surface area (Å²) in [4.78, 5) is 9.06. The van der Waals surface area contributed by atoms with E-state index in [0.29, 0.717) is 11.8 Å². The van der Waals surface area contributed by atoms with Gasteiger partial charge in [-0.3, -0.25) is 0 Å². The van der Waals surface area contributed by atoms with E-state index in [1.165, 1.54) is 0 Å². The molecule has 3 nitrogen and oxygen atoms in total. The molecule has 0 spiro atoms. The number of hydrogen-bond donors (Lipinski definition) is 0. The highest BCUT2D eigenvalue weighted by atomic mass is 79.9. The Morgan fingerprint density at radius 3 is 2.62 bits per heavy atom. The molecule has 2 rings (SSSR count). The number of hydrogen-bond acceptors (Lipinski definition) is 3. The molecule has 88 valence electrons. The number of nitrogens with zero attached hydrogens (tertiary/aromatic N) is 2. The molecule has 0 unspecified atom stereocenters. The molecular weight excluding hydrogens is 268 g/mol. The summed E-state index contributed by atoms with van der Waals surface area (Å²) in [6.07, 6.45) is 2.14. The Labute approximate surface area is 105 Å². The van der Waals surface area contributed by atoms with Gasteiger partial charge < -0.3 is 4.74 Å². The van der Waals surface area contributed by atoms with Crippen molar-refractivity contribution in [3.63, 3.8) is 0 Å². The van der Waals surface area contributed by atoms with E-state index < -0.39 is 0 Å². The highest BCUT2D eigenvalue weighted by Crippen LogP contribution is 2.27. The lowest BCUT2D eigenvalue weighted by molar-refractivity contribution is 0.0844. The average molecular weight is 285 g/mol. The van der Waals surface area contributed by atoms with E-state index in [2.05, 4.69) is 39.7 Å². The van der Waals surface area contributed by atoms with Gasteiger partial charge in [0.15, 0.2) is 0 Å². The van der Waals surface area contributed by atoms with Gasteiger partial charge in [0.2, 0.25) is 0 Å². The molecular formula is C12H17BrN2O. The third-order valence-corrected chi connectivity index (χ3v) is 3.29. The van der Waals surface area contributed by atoms with Crippen LogP contribution in [0.3, 0.4) is 0 Å². The van der Waals surface area contributed by atoms with Gasteiger partial charge in [0.1, 0.15) is 10.4 Å². The van der Waals surface area contributed by atoms with Crippen LogP contribution in [0.25, 0.3) is 0 Å². The highest BCUT2D eigenvalue weighted by molar-refractivity contribution is 9.10. The molecule has 0 saturated carbocycles. The third kappa shape index (κ3) is 2.80. The Bertz CT molecular complexity index is 362. The molecule has 0 radical (unpaired) electrons. The van der Waals surface area contributed by atoms with Crippen molar-refractivity contribution < 1.29 is 4.74 Å². The molecule has 4 heteroatoms. The first-order chi connectivity index (χ1) is 7.66. The quantitative estimate of drug-likeness (QED) is 0.782. The lowest BCUT2D eigenvalue weighted by Gasteiger charge is -2.22. The zero-order valence-corrected chi connectivity index (χ0v) is 11.3. The van der Waals surface area contributed by atoms with E-state index in [-0.39, 0.29) is 0 Å². The lowest BCUT2D eigenvalue weighted by Crippen LogP contribution is -2.16. The minimum Gasteiger partial charge on any atom is -0.381 e. The van der Waals surface area contributed by atoms with E-state index in [4.69, 9.17) is 4.74 Å². The largest absolute Gasteiger partial charge is 0.381 e. The molecule has 1 saturated heterocycles. The highest BCUT2D eigenvalue weighted by Gasteiger charge is 2.19. The summed E-state index contributed by atoms with van der Waals surface area (Å²) in [6.45, 7) is 5.94. The summed E-state index contributed by atoms with van der Waals surface area (Å²) in [6, 6.07) is 2.04. The van der Waals surface area contributed by atoms with Crippen molar-refractivity contribution in [2.24, 2.45) is 0 Å². The standard InChI is InChI=1S/C12H17BrN2O/c1-8(2)12-14-10(7-11(13)15-12)9-3-5-16-6-4-9/h7-9H,3-6H2,1-2H3. The van der Waals surface area contributed by atoms with Crippen molar-refractivity contribution in [2.75, 3.05) is 13.2 Å². The second kappa shape index (κ2) is 5.23. The molecule has 1 aliphatic rings. The molecule has 0 aromatic carbocycles. The van der Waals surface area contributed by atoms with Crippen LogP contribution in [-0.2, 0) is 4.74 Å². The summed E-state index contributed by atoms with van der Waals surface area (Å²) in [5.41, 5.74) is 1.16. The molecule has 1 aromatic rings. The average Bonchev–Trinajstić information content (AvgIpc) is 2.29. The molecule has 0 N–H and O–H groups in total. The predicted octanol–water partition coefficient (Wildman–Crippen LogP) is 3.26. The number of rotatable bonds is 2. The Balaban J connectivity index is 2.25. The van der Waals surface area contributed by atoms with Crippen LogP contribution in [0.2, 0.25) is 0 Å². The second-order valence-corrected chi connectivity index (χ2v) is 5.33. The van der Waals surface area contributed by atoms with E-state index in [1.807, 2.05) is 6.07 Å². The molecule has 16 heavy (non-hydrogen) atoms. The molecule has 1 aromatic heterocycles. The molecule has 1 aliphatic heterocycles. The molecule has 0 bridgehead atoms. The topological polar surface area (TPSA) is 35.0 Å². The minimum absolute atomic E-state index is 0.371. The van der Waals surface area contributed by atoms with Gasteiger partial charge in [-0.15, -0.1) is 0 Å². The van der Waals surface area contributed by atoms with Crippen LogP contribution < -0.4 is 0 Å². The predicted molar refractivity (Wildman–Crippen MR) is 66.6 cm³/mol. The van der Waals surface area contributed by atoms with Crippen molar-refractivity contribution in [3.05, 3.63) is 22.2 Å². The van der Waals surface area contributed by atoms with Gasteiger partial charge >= 0.3 is 0 Å². The summed E-state index contributed by atoms with van der Waals surface area (Å²) in [5, 5.41) is 0. The van der Waals surface area contributed by atoms with Crippen molar-refractivity contribution in [1.82, 2.24) is 9.97 Å². The number of aromatic nitrogens is 2. The Kier molecular flexibility index (Phi) is 3.92. The van der Waals surface area contributed by atoms with Gasteiger partial charge in [0.25, 0.3) is 0 Å². The molecule has 0 atom stereocenters. The van der Waals surface area contributed by atoms with Crippen molar-refractivity contribution >= 4 is 15.9 Å². The van der Waals surface area contributed by atoms with E-state index in [9.17, 15) is 0 Å². The maximum atomic E-state index is 5.37. The van der Waals surface area contributed by atoms with Crippen LogP contribution in [0.15, 0.2) is 10.7 Å². The lowest BCUT2D eigenvalue weighted by atomic mass is 9.96. The first-order valence-corrected chi connectivity index (χ1v) is 6.58. The molecule has 0 amide bonds. The monoisotopic (exact) mass is 284 g/mol. The SMILES string of the molecule is CC(C)c1nc(Br)cc(C2CCOCC2)n1. The first-order valence-electron chi connectivity index (χ1n) is 5.79. The zero-order chi connectivity index (χ0) is 11.5. The Morgan fingerprint density at radius 2 is 2.00 bits per heavy atom. The maximum Gasteiger partial charge on any atom is 0.132 e. The van der Waals surface area contributed by atoms with Gasteiger partial charge in [-0.2, -0.15) is 0 Å². The fourth-order valence-electron chi connectivity index (χ4n) is 1.91. The minimum atomic E-state index is 0.371. The normalized spacial score (nSPS) is 18.0. The van der Waals surface area contributed by atoms with E-state index in [1.54, 1.807) is 0 Å². The summed E-state index contributed by atoms with van der Waals surface area (Å²) >= 11 is 3.47. The van der Waals surface area contributed by atoms with Gasteiger partial charge in [0, 0.05) is 30.7 Å². The number of halogens is 1. The van der Waals surface area contributed by atoms with Crippen molar-refractivity contribution in [3.8, 4) is 0 Å². The fraction of sp³-hybridized carbons (Fsp3) is 0.667. The zero-order valence-electron chi connectivity index (χ0n) is 9.74. The van der Waals surface area contributed by atoms with Crippen LogP contribution in [0.5, 0.6) is 0 Å². The van der Waals surface area contributed by atoms with Crippen LogP contribution >= 0.6 is 15.9 Å². The summed E-state index contributed by atoms with van der Waals surface area (Å²) in [7, 11) is 0. The Hall–Kier alpha value is -0.480. The summed E-state index contributed by atoms with van der Waals surface area (Å²) < 4.78 is 6.27. The van der Waals surface area contributed by atoms with Crippen LogP contribution in [-0.4, -0.2) is 23.2 Å². The second-order valence-electron chi connectivity index (χ2n) is 4.52. The maximum absolute atomic E-state index is 5.37. The van der Waals surface area contributed by atoms with E-state index in [0.717, 1.165) is 42.2 Å².